The van der Waals surface area contributed by atoms with Gasteiger partial charge in [0.2, 0.25) is 0 Å². The molecule has 6 heteroatoms. The van der Waals surface area contributed by atoms with E-state index in [1.165, 1.54) is 10.9 Å². The normalized spacial score (nSPS) is 20.2. The number of hydrogen-bond donors (Lipinski definition) is 1. The Morgan fingerprint density at radius 1 is 1.00 bits per heavy atom. The zero-order chi connectivity index (χ0) is 21.7. The molecule has 0 spiro atoms. The Bertz CT molecular complexity index is 1440. The fraction of sp³-hybridized carbons (Fsp3) is 0.192. The first kappa shape index (κ1) is 19.3. The molecule has 2 heterocycles. The van der Waals surface area contributed by atoms with Crippen molar-refractivity contribution in [2.45, 2.75) is 29.7 Å². The summed E-state index contributed by atoms with van der Waals surface area (Å²) in [5.74, 6) is 0.410. The van der Waals surface area contributed by atoms with Gasteiger partial charge in [-0.25, -0.2) is 8.42 Å². The highest BCUT2D eigenvalue weighted by Crippen LogP contribution is 2.45. The molecule has 1 aromatic heterocycles. The maximum Gasteiger partial charge on any atom is 0.264 e. The first-order valence-electron chi connectivity index (χ1n) is 10.9. The zero-order valence-electron chi connectivity index (χ0n) is 17.5. The molecule has 32 heavy (non-hydrogen) atoms. The number of nitrogens with one attached hydrogen (secondary N) is 1. The van der Waals surface area contributed by atoms with Crippen molar-refractivity contribution in [1.29, 1.82) is 0 Å². The number of hydrogen-bond acceptors (Lipinski definition) is 3. The summed E-state index contributed by atoms with van der Waals surface area (Å²) >= 11 is 0. The number of rotatable bonds is 5. The monoisotopic (exact) mass is 441 g/mol. The van der Waals surface area contributed by atoms with Gasteiger partial charge in [-0.05, 0) is 71.3 Å². The Kier molecular flexibility index (Phi) is 4.43. The number of benzene rings is 3. The minimum absolute atomic E-state index is 0.292. The van der Waals surface area contributed by atoms with Crippen molar-refractivity contribution in [2.24, 2.45) is 4.99 Å². The van der Waals surface area contributed by atoms with Gasteiger partial charge in [-0.15, -0.1) is 0 Å². The van der Waals surface area contributed by atoms with Crippen LogP contribution in [0.1, 0.15) is 29.0 Å². The van der Waals surface area contributed by atoms with E-state index in [1.807, 2.05) is 24.5 Å². The fourth-order valence-electron chi connectivity index (χ4n) is 4.63. The smallest absolute Gasteiger partial charge is 0.264 e. The van der Waals surface area contributed by atoms with Crippen LogP contribution in [0.25, 0.3) is 10.9 Å². The number of anilines is 1. The molecule has 1 fully saturated rings. The van der Waals surface area contributed by atoms with Crippen LogP contribution < -0.4 is 4.31 Å². The summed E-state index contributed by atoms with van der Waals surface area (Å²) in [6, 6.07) is 23.5. The second-order valence-electron chi connectivity index (χ2n) is 8.54. The lowest BCUT2D eigenvalue weighted by Gasteiger charge is -2.19. The summed E-state index contributed by atoms with van der Waals surface area (Å²) < 4.78 is 27.7. The molecule has 0 amide bonds. The molecule has 4 aromatic rings. The predicted octanol–water partition coefficient (Wildman–Crippen LogP) is 4.89. The molecule has 2 atom stereocenters. The minimum Gasteiger partial charge on any atom is -0.361 e. The first-order valence-corrected chi connectivity index (χ1v) is 12.3. The maximum atomic E-state index is 13.1. The van der Waals surface area contributed by atoms with E-state index in [4.69, 9.17) is 4.99 Å². The molecule has 1 aliphatic heterocycles. The molecule has 1 N–H and O–H groups in total. The van der Waals surface area contributed by atoms with E-state index >= 15 is 0 Å². The van der Waals surface area contributed by atoms with Gasteiger partial charge in [-0.3, -0.25) is 9.30 Å². The van der Waals surface area contributed by atoms with Gasteiger partial charge >= 0.3 is 0 Å². The Labute approximate surface area is 187 Å². The molecule has 2 unspecified atom stereocenters. The van der Waals surface area contributed by atoms with E-state index < -0.39 is 10.0 Å². The van der Waals surface area contributed by atoms with E-state index in [0.29, 0.717) is 23.4 Å². The second kappa shape index (κ2) is 7.35. The molecule has 1 saturated carbocycles. The quantitative estimate of drug-likeness (QED) is 0.448. The van der Waals surface area contributed by atoms with Crippen molar-refractivity contribution >= 4 is 32.8 Å². The van der Waals surface area contributed by atoms with Crippen LogP contribution in [0, 0.1) is 0 Å². The lowest BCUT2D eigenvalue weighted by atomic mass is 10.0. The molecule has 0 saturated heterocycles. The van der Waals surface area contributed by atoms with Gasteiger partial charge < -0.3 is 4.98 Å². The second-order valence-corrected chi connectivity index (χ2v) is 10.4. The third kappa shape index (κ3) is 3.31. The summed E-state index contributed by atoms with van der Waals surface area (Å²) in [6.07, 6.45) is 5.70. The van der Waals surface area contributed by atoms with Crippen molar-refractivity contribution in [2.75, 3.05) is 10.8 Å². The topological polar surface area (TPSA) is 65.5 Å². The third-order valence-electron chi connectivity index (χ3n) is 6.47. The molecule has 1 aliphatic carbocycles. The highest BCUT2D eigenvalue weighted by atomic mass is 32.2. The number of sulfonamides is 1. The Balaban J connectivity index is 1.19. The molecule has 3 aromatic carbocycles. The minimum atomic E-state index is -3.52. The van der Waals surface area contributed by atoms with E-state index in [0.717, 1.165) is 35.2 Å². The average Bonchev–Trinajstić information content (AvgIpc) is 3.23. The number of aromatic nitrogens is 1. The third-order valence-corrected chi connectivity index (χ3v) is 8.29. The van der Waals surface area contributed by atoms with Gasteiger partial charge in [0.15, 0.2) is 0 Å². The average molecular weight is 442 g/mol. The van der Waals surface area contributed by atoms with Crippen LogP contribution in [0.15, 0.2) is 88.9 Å². The van der Waals surface area contributed by atoms with Crippen molar-refractivity contribution in [3.05, 3.63) is 95.7 Å². The summed E-state index contributed by atoms with van der Waals surface area (Å²) in [6.45, 7) is 0.490. The van der Waals surface area contributed by atoms with Crippen molar-refractivity contribution in [3.8, 4) is 0 Å². The van der Waals surface area contributed by atoms with Crippen LogP contribution in [0.4, 0.5) is 5.69 Å². The number of aromatic amines is 1. The van der Waals surface area contributed by atoms with E-state index in [1.54, 1.807) is 28.6 Å². The molecule has 0 bridgehead atoms. The Morgan fingerprint density at radius 2 is 1.88 bits per heavy atom. The molecule has 2 aliphatic rings. The number of H-pyrrole nitrogens is 1. The van der Waals surface area contributed by atoms with Crippen LogP contribution in [-0.4, -0.2) is 32.2 Å². The molecule has 5 nitrogen and oxygen atoms in total. The molecular formula is C26H23N3O2S. The van der Waals surface area contributed by atoms with Crippen molar-refractivity contribution < 1.29 is 8.42 Å². The Hall–Kier alpha value is -3.38. The standard InChI is InChI=1S/C26H23N3O2S/c30-32(31,22-4-2-1-3-5-22)29-13-11-21-15-19(7-9-26(21)29)23-16-25(23)28-17-18-6-8-24-20(14-18)10-12-27-24/h1-10,12,14-15,17,23,25,27H,11,13,16H2. The Morgan fingerprint density at radius 3 is 2.75 bits per heavy atom. The summed E-state index contributed by atoms with van der Waals surface area (Å²) in [7, 11) is -3.52. The van der Waals surface area contributed by atoms with Crippen LogP contribution in [0.3, 0.4) is 0 Å². The molecular weight excluding hydrogens is 418 g/mol. The molecule has 0 radical (unpaired) electrons. The summed E-state index contributed by atoms with van der Waals surface area (Å²) in [5, 5.41) is 1.19. The van der Waals surface area contributed by atoms with Gasteiger partial charge in [0.05, 0.1) is 16.6 Å². The van der Waals surface area contributed by atoms with E-state index in [9.17, 15) is 8.42 Å². The number of aliphatic imine (C=N–C) groups is 1. The van der Waals surface area contributed by atoms with E-state index in [2.05, 4.69) is 41.4 Å². The lowest BCUT2D eigenvalue weighted by Crippen LogP contribution is -2.29. The SMILES string of the molecule is O=S(=O)(c1ccccc1)N1CCc2cc(C3CC3N=Cc3ccc4[nH]ccc4c3)ccc21. The van der Waals surface area contributed by atoms with Crippen molar-refractivity contribution in [3.63, 3.8) is 0 Å². The summed E-state index contributed by atoms with van der Waals surface area (Å²) in [5.41, 5.74) is 5.41. The van der Waals surface area contributed by atoms with E-state index in [-0.39, 0.29) is 0 Å². The largest absolute Gasteiger partial charge is 0.361 e. The number of fused-ring (bicyclic) bond motifs is 2. The summed E-state index contributed by atoms with van der Waals surface area (Å²) in [4.78, 5) is 8.35. The van der Waals surface area contributed by atoms with Gasteiger partial charge in [0.1, 0.15) is 0 Å². The first-order chi connectivity index (χ1) is 15.6. The maximum absolute atomic E-state index is 13.1. The fourth-order valence-corrected chi connectivity index (χ4v) is 6.15. The molecule has 160 valence electrons. The van der Waals surface area contributed by atoms with Gasteiger partial charge in [0, 0.05) is 30.4 Å². The zero-order valence-corrected chi connectivity index (χ0v) is 18.3. The number of nitrogens with zero attached hydrogens (tertiary/aromatic N) is 2. The lowest BCUT2D eigenvalue weighted by molar-refractivity contribution is 0.592. The predicted molar refractivity (Wildman–Crippen MR) is 128 cm³/mol. The van der Waals surface area contributed by atoms with Gasteiger partial charge in [0.25, 0.3) is 10.0 Å². The van der Waals surface area contributed by atoms with Gasteiger partial charge in [-0.2, -0.15) is 0 Å². The van der Waals surface area contributed by atoms with Crippen LogP contribution in [0.5, 0.6) is 0 Å². The molecule has 6 rings (SSSR count). The van der Waals surface area contributed by atoms with Crippen LogP contribution >= 0.6 is 0 Å². The van der Waals surface area contributed by atoms with Gasteiger partial charge in [-0.1, -0.05) is 36.4 Å². The van der Waals surface area contributed by atoms with Crippen LogP contribution in [-0.2, 0) is 16.4 Å². The highest BCUT2D eigenvalue weighted by molar-refractivity contribution is 7.92. The van der Waals surface area contributed by atoms with Crippen LogP contribution in [0.2, 0.25) is 0 Å². The highest BCUT2D eigenvalue weighted by Gasteiger charge is 2.39. The van der Waals surface area contributed by atoms with Crippen molar-refractivity contribution in [1.82, 2.24) is 4.98 Å².